The molecule has 2 amide bonds. The molecule has 1 atom stereocenters. The Balaban J connectivity index is 2.67. The molecule has 0 radical (unpaired) electrons. The molecule has 1 unspecified atom stereocenters. The summed E-state index contributed by atoms with van der Waals surface area (Å²) in [6, 6.07) is 0. The molecule has 0 aromatic rings. The highest BCUT2D eigenvalue weighted by Gasteiger charge is 2.40. The predicted molar refractivity (Wildman–Crippen MR) is 42.1 cm³/mol. The van der Waals surface area contributed by atoms with Crippen molar-refractivity contribution < 1.29 is 14.3 Å². The van der Waals surface area contributed by atoms with E-state index in [1.54, 1.807) is 6.92 Å². The average molecular weight is 169 g/mol. The van der Waals surface area contributed by atoms with E-state index >= 15 is 0 Å². The zero-order valence-corrected chi connectivity index (χ0v) is 7.16. The van der Waals surface area contributed by atoms with Crippen LogP contribution in [0.15, 0.2) is 12.2 Å². The summed E-state index contributed by atoms with van der Waals surface area (Å²) in [5.74, 6) is -0.548. The Morgan fingerprint density at radius 2 is 2.33 bits per heavy atom. The van der Waals surface area contributed by atoms with Gasteiger partial charge in [-0.25, -0.2) is 0 Å². The molecule has 0 aromatic heterocycles. The van der Waals surface area contributed by atoms with Gasteiger partial charge in [-0.2, -0.15) is 0 Å². The van der Waals surface area contributed by atoms with Gasteiger partial charge in [0.25, 0.3) is 5.91 Å². The van der Waals surface area contributed by atoms with Gasteiger partial charge in [-0.3, -0.25) is 14.5 Å². The number of likely N-dealkylation sites (tertiary alicyclic amines) is 1. The van der Waals surface area contributed by atoms with Gasteiger partial charge in [0.1, 0.15) is 6.23 Å². The molecule has 4 heteroatoms. The highest BCUT2D eigenvalue weighted by molar-refractivity contribution is 6.06. The molecule has 12 heavy (non-hydrogen) atoms. The van der Waals surface area contributed by atoms with E-state index in [0.717, 1.165) is 4.90 Å². The average Bonchev–Trinajstić information content (AvgIpc) is 1.99. The third kappa shape index (κ3) is 1.25. The van der Waals surface area contributed by atoms with Crippen molar-refractivity contribution in [3.8, 4) is 0 Å². The number of hydrogen-bond donors (Lipinski definition) is 0. The first kappa shape index (κ1) is 8.93. The van der Waals surface area contributed by atoms with Crippen LogP contribution in [0.5, 0.6) is 0 Å². The van der Waals surface area contributed by atoms with Crippen molar-refractivity contribution in [2.75, 3.05) is 7.11 Å². The van der Waals surface area contributed by atoms with Gasteiger partial charge in [-0.05, 0) is 6.92 Å². The zero-order valence-electron chi connectivity index (χ0n) is 7.16. The number of β-lactam (4-membered cyclic amide) rings is 1. The van der Waals surface area contributed by atoms with Crippen LogP contribution < -0.4 is 0 Å². The number of amides is 2. The standard InChI is InChI=1S/C8H11NO3/c1-5(2)8(11)9-6(10)4-7(9)12-3/h7H,1,4H2,2-3H3. The van der Waals surface area contributed by atoms with Crippen LogP contribution in [-0.2, 0) is 14.3 Å². The minimum Gasteiger partial charge on any atom is -0.360 e. The lowest BCUT2D eigenvalue weighted by molar-refractivity contribution is -0.175. The maximum atomic E-state index is 11.2. The molecular formula is C8H11NO3. The second-order valence-electron chi connectivity index (χ2n) is 2.74. The summed E-state index contributed by atoms with van der Waals surface area (Å²) in [6.45, 7) is 5.03. The Hall–Kier alpha value is -1.16. The van der Waals surface area contributed by atoms with Crippen molar-refractivity contribution in [3.63, 3.8) is 0 Å². The minimum atomic E-state index is -0.387. The molecule has 1 aliphatic heterocycles. The summed E-state index contributed by atoms with van der Waals surface area (Å²) in [7, 11) is 1.47. The van der Waals surface area contributed by atoms with Crippen molar-refractivity contribution in [2.45, 2.75) is 19.6 Å². The monoisotopic (exact) mass is 169 g/mol. The van der Waals surface area contributed by atoms with Crippen molar-refractivity contribution in [1.82, 2.24) is 4.90 Å². The van der Waals surface area contributed by atoms with Crippen LogP contribution in [0.25, 0.3) is 0 Å². The fraction of sp³-hybridized carbons (Fsp3) is 0.500. The molecule has 0 aromatic carbocycles. The van der Waals surface area contributed by atoms with Crippen LogP contribution in [0.1, 0.15) is 13.3 Å². The van der Waals surface area contributed by atoms with Crippen LogP contribution in [-0.4, -0.2) is 30.1 Å². The number of rotatable bonds is 2. The zero-order chi connectivity index (χ0) is 9.30. The lowest BCUT2D eigenvalue weighted by Crippen LogP contribution is -2.56. The summed E-state index contributed by atoms with van der Waals surface area (Å²) in [5.41, 5.74) is 0.352. The summed E-state index contributed by atoms with van der Waals surface area (Å²) in [6.07, 6.45) is -0.100. The molecule has 0 aliphatic carbocycles. The number of carbonyl (C=O) groups is 2. The molecule has 0 spiro atoms. The number of nitrogens with zero attached hydrogens (tertiary/aromatic N) is 1. The van der Waals surface area contributed by atoms with E-state index in [-0.39, 0.29) is 24.5 Å². The van der Waals surface area contributed by atoms with E-state index in [2.05, 4.69) is 6.58 Å². The van der Waals surface area contributed by atoms with E-state index in [0.29, 0.717) is 5.57 Å². The van der Waals surface area contributed by atoms with Gasteiger partial charge in [-0.1, -0.05) is 6.58 Å². The topological polar surface area (TPSA) is 46.6 Å². The Bertz CT molecular complexity index is 247. The molecular weight excluding hydrogens is 158 g/mol. The number of methoxy groups -OCH3 is 1. The van der Waals surface area contributed by atoms with Crippen LogP contribution in [0.2, 0.25) is 0 Å². The van der Waals surface area contributed by atoms with Crippen molar-refractivity contribution in [3.05, 3.63) is 12.2 Å². The van der Waals surface area contributed by atoms with Crippen LogP contribution in [0.4, 0.5) is 0 Å². The van der Waals surface area contributed by atoms with Gasteiger partial charge < -0.3 is 4.74 Å². The molecule has 0 saturated carbocycles. The highest BCUT2D eigenvalue weighted by atomic mass is 16.5. The van der Waals surface area contributed by atoms with E-state index in [4.69, 9.17) is 4.74 Å². The lowest BCUT2D eigenvalue weighted by Gasteiger charge is -2.37. The molecule has 66 valence electrons. The predicted octanol–water partition coefficient (Wildman–Crippen LogP) is 0.294. The fourth-order valence-electron chi connectivity index (χ4n) is 1.03. The van der Waals surface area contributed by atoms with Gasteiger partial charge >= 0.3 is 0 Å². The number of hydrogen-bond acceptors (Lipinski definition) is 3. The van der Waals surface area contributed by atoms with Crippen LogP contribution >= 0.6 is 0 Å². The van der Waals surface area contributed by atoms with Crippen molar-refractivity contribution >= 4 is 11.8 Å². The highest BCUT2D eigenvalue weighted by Crippen LogP contribution is 2.21. The number of imide groups is 1. The fourth-order valence-corrected chi connectivity index (χ4v) is 1.03. The molecule has 4 nitrogen and oxygen atoms in total. The normalized spacial score (nSPS) is 22.0. The molecule has 0 N–H and O–H groups in total. The minimum absolute atomic E-state index is 0.199. The van der Waals surface area contributed by atoms with Gasteiger partial charge in [-0.15, -0.1) is 0 Å². The largest absolute Gasteiger partial charge is 0.360 e. The molecule has 0 bridgehead atoms. The Morgan fingerprint density at radius 1 is 1.75 bits per heavy atom. The Morgan fingerprint density at radius 3 is 2.67 bits per heavy atom. The third-order valence-electron chi connectivity index (χ3n) is 1.76. The van der Waals surface area contributed by atoms with Crippen LogP contribution in [0, 0.1) is 0 Å². The smallest absolute Gasteiger partial charge is 0.257 e. The van der Waals surface area contributed by atoms with Gasteiger partial charge in [0.2, 0.25) is 5.91 Å². The summed E-state index contributed by atoms with van der Waals surface area (Å²) >= 11 is 0. The summed E-state index contributed by atoms with van der Waals surface area (Å²) < 4.78 is 4.88. The quantitative estimate of drug-likeness (QED) is 0.441. The van der Waals surface area contributed by atoms with Crippen LogP contribution in [0.3, 0.4) is 0 Å². The van der Waals surface area contributed by atoms with Gasteiger partial charge in [0.05, 0.1) is 6.42 Å². The lowest BCUT2D eigenvalue weighted by atomic mass is 10.1. The first-order valence-corrected chi connectivity index (χ1v) is 3.62. The first-order valence-electron chi connectivity index (χ1n) is 3.62. The van der Waals surface area contributed by atoms with Gasteiger partial charge in [0.15, 0.2) is 0 Å². The number of carbonyl (C=O) groups excluding carboxylic acids is 2. The molecule has 1 saturated heterocycles. The maximum absolute atomic E-state index is 11.2. The molecule has 1 heterocycles. The first-order chi connectivity index (χ1) is 5.57. The second-order valence-corrected chi connectivity index (χ2v) is 2.74. The maximum Gasteiger partial charge on any atom is 0.257 e. The SMILES string of the molecule is C=C(C)C(=O)N1C(=O)CC1OC. The van der Waals surface area contributed by atoms with E-state index < -0.39 is 0 Å². The molecule has 1 rings (SSSR count). The second kappa shape index (κ2) is 3.06. The van der Waals surface area contributed by atoms with Crippen molar-refractivity contribution in [2.24, 2.45) is 0 Å². The Kier molecular flexibility index (Phi) is 2.28. The molecule has 1 fully saturated rings. The third-order valence-corrected chi connectivity index (χ3v) is 1.76. The molecule has 1 aliphatic rings. The van der Waals surface area contributed by atoms with E-state index in [9.17, 15) is 9.59 Å². The van der Waals surface area contributed by atoms with Crippen molar-refractivity contribution in [1.29, 1.82) is 0 Å². The van der Waals surface area contributed by atoms with E-state index in [1.165, 1.54) is 7.11 Å². The number of ether oxygens (including phenoxy) is 1. The summed E-state index contributed by atoms with van der Waals surface area (Å²) in [4.78, 5) is 23.2. The summed E-state index contributed by atoms with van der Waals surface area (Å²) in [5, 5.41) is 0. The Labute approximate surface area is 70.8 Å². The van der Waals surface area contributed by atoms with Gasteiger partial charge in [0, 0.05) is 12.7 Å². The van der Waals surface area contributed by atoms with E-state index in [1.807, 2.05) is 0 Å².